The molecule has 1 amide bonds. The Hall–Kier alpha value is -2.74. The molecular weight excluding hydrogens is 373 g/mol. The molecule has 1 aliphatic rings. The third kappa shape index (κ3) is 3.44. The predicted molar refractivity (Wildman–Crippen MR) is 97.2 cm³/mol. The molecule has 0 spiro atoms. The summed E-state index contributed by atoms with van der Waals surface area (Å²) in [6, 6.07) is 5.76. The molecule has 1 atom stereocenters. The highest BCUT2D eigenvalue weighted by Crippen LogP contribution is 2.40. The number of amides is 1. The molecule has 0 saturated heterocycles. The van der Waals surface area contributed by atoms with Gasteiger partial charge < -0.3 is 5.32 Å². The lowest BCUT2D eigenvalue weighted by atomic mass is 10.1. The van der Waals surface area contributed by atoms with Gasteiger partial charge in [-0.25, -0.2) is 13.9 Å². The van der Waals surface area contributed by atoms with Crippen LogP contribution < -0.4 is 11.0 Å². The first-order valence-corrected chi connectivity index (χ1v) is 9.01. The first-order chi connectivity index (χ1) is 12.9. The van der Waals surface area contributed by atoms with Crippen molar-refractivity contribution in [3.05, 3.63) is 62.9 Å². The first-order valence-electron chi connectivity index (χ1n) is 8.63. The summed E-state index contributed by atoms with van der Waals surface area (Å²) in [5.41, 5.74) is 1.58. The number of hydrogen-bond donors (Lipinski definition) is 1. The summed E-state index contributed by atoms with van der Waals surface area (Å²) >= 11 is 5.68. The molecule has 2 aromatic heterocycles. The lowest BCUT2D eigenvalue weighted by Crippen LogP contribution is -2.34. The zero-order valence-electron chi connectivity index (χ0n) is 14.5. The molecule has 1 saturated carbocycles. The molecular formula is C18H17ClFN5O2. The number of nitrogens with zero attached hydrogens (tertiary/aromatic N) is 4. The number of halogens is 2. The summed E-state index contributed by atoms with van der Waals surface area (Å²) in [4.78, 5) is 24.8. The first kappa shape index (κ1) is 17.7. The molecule has 0 radical (unpaired) electrons. The zero-order valence-corrected chi connectivity index (χ0v) is 15.3. The number of carbonyl (C=O) groups is 1. The maximum absolute atomic E-state index is 13.6. The summed E-state index contributed by atoms with van der Waals surface area (Å²) in [6.45, 7) is 1.48. The van der Waals surface area contributed by atoms with Gasteiger partial charge in [0.25, 0.3) is 0 Å². The van der Waals surface area contributed by atoms with Crippen LogP contribution in [0.15, 0.2) is 35.3 Å². The summed E-state index contributed by atoms with van der Waals surface area (Å²) in [7, 11) is 0. The van der Waals surface area contributed by atoms with Gasteiger partial charge in [-0.15, -0.1) is 5.10 Å². The van der Waals surface area contributed by atoms with Crippen LogP contribution in [0.25, 0.3) is 5.65 Å². The van der Waals surface area contributed by atoms with E-state index in [0.717, 1.165) is 23.1 Å². The van der Waals surface area contributed by atoms with Crippen molar-refractivity contribution in [2.75, 3.05) is 0 Å². The molecule has 0 unspecified atom stereocenters. The predicted octanol–water partition coefficient (Wildman–Crippen LogP) is 2.44. The van der Waals surface area contributed by atoms with E-state index in [1.54, 1.807) is 19.2 Å². The third-order valence-corrected chi connectivity index (χ3v) is 4.95. The van der Waals surface area contributed by atoms with Gasteiger partial charge in [-0.1, -0.05) is 17.7 Å². The Morgan fingerprint density at radius 2 is 2.19 bits per heavy atom. The van der Waals surface area contributed by atoms with Crippen molar-refractivity contribution in [2.45, 2.75) is 38.3 Å². The standard InChI is InChI=1S/C18H17ClFN5O2/c1-10(12-4-5-14(19)15(20)8-12)22-16(26)9-24-18(27)25-17(23-24)13(6-7-21-25)11-2-3-11/h4-8,10-11H,2-3,9H2,1H3,(H,22,26)/t10-/m0/s1. The van der Waals surface area contributed by atoms with Crippen molar-refractivity contribution in [3.8, 4) is 0 Å². The molecule has 7 nitrogen and oxygen atoms in total. The van der Waals surface area contributed by atoms with Gasteiger partial charge in [-0.05, 0) is 49.4 Å². The van der Waals surface area contributed by atoms with Crippen LogP contribution in [0.3, 0.4) is 0 Å². The largest absolute Gasteiger partial charge is 0.367 e. The smallest absolute Gasteiger partial charge is 0.348 e. The fourth-order valence-corrected chi connectivity index (χ4v) is 3.16. The second kappa shape index (κ2) is 6.77. The number of benzene rings is 1. The monoisotopic (exact) mass is 389 g/mol. The summed E-state index contributed by atoms with van der Waals surface area (Å²) in [5, 5.41) is 11.1. The Bertz CT molecular complexity index is 1090. The normalized spacial score (nSPS) is 15.1. The minimum Gasteiger partial charge on any atom is -0.348 e. The molecule has 27 heavy (non-hydrogen) atoms. The van der Waals surface area contributed by atoms with Crippen LogP contribution in [-0.2, 0) is 11.3 Å². The molecule has 1 fully saturated rings. The summed E-state index contributed by atoms with van der Waals surface area (Å²) < 4.78 is 15.9. The van der Waals surface area contributed by atoms with Crippen molar-refractivity contribution in [1.82, 2.24) is 24.7 Å². The molecule has 4 rings (SSSR count). The average Bonchev–Trinajstić information content (AvgIpc) is 3.43. The van der Waals surface area contributed by atoms with Gasteiger partial charge in [-0.3, -0.25) is 4.79 Å². The fourth-order valence-electron chi connectivity index (χ4n) is 3.04. The number of rotatable bonds is 5. The third-order valence-electron chi connectivity index (χ3n) is 4.64. The Balaban J connectivity index is 1.52. The number of hydrogen-bond acceptors (Lipinski definition) is 4. The van der Waals surface area contributed by atoms with E-state index >= 15 is 0 Å². The van der Waals surface area contributed by atoms with Gasteiger partial charge in [0, 0.05) is 11.8 Å². The van der Waals surface area contributed by atoms with Crippen LogP contribution >= 0.6 is 11.6 Å². The van der Waals surface area contributed by atoms with E-state index < -0.39 is 23.5 Å². The van der Waals surface area contributed by atoms with Crippen LogP contribution in [0, 0.1) is 5.82 Å². The Morgan fingerprint density at radius 3 is 2.89 bits per heavy atom. The molecule has 140 valence electrons. The van der Waals surface area contributed by atoms with E-state index in [4.69, 9.17) is 11.6 Å². The highest BCUT2D eigenvalue weighted by Gasteiger charge is 2.28. The Kier molecular flexibility index (Phi) is 4.43. The van der Waals surface area contributed by atoms with E-state index in [0.29, 0.717) is 17.1 Å². The molecule has 0 bridgehead atoms. The van der Waals surface area contributed by atoms with Crippen molar-refractivity contribution < 1.29 is 9.18 Å². The second-order valence-electron chi connectivity index (χ2n) is 6.70. The van der Waals surface area contributed by atoms with Crippen molar-refractivity contribution >= 4 is 23.2 Å². The van der Waals surface area contributed by atoms with Gasteiger partial charge in [0.15, 0.2) is 5.65 Å². The SMILES string of the molecule is C[C@H](NC(=O)Cn1nc2c(C3CC3)ccnn2c1=O)c1ccc(Cl)c(F)c1. The van der Waals surface area contributed by atoms with Crippen LogP contribution in [0.5, 0.6) is 0 Å². The molecule has 1 aliphatic carbocycles. The molecule has 0 aliphatic heterocycles. The minimum absolute atomic E-state index is 0.0208. The number of aromatic nitrogens is 4. The van der Waals surface area contributed by atoms with E-state index in [9.17, 15) is 14.0 Å². The van der Waals surface area contributed by atoms with Crippen LogP contribution in [0.2, 0.25) is 5.02 Å². The quantitative estimate of drug-likeness (QED) is 0.726. The van der Waals surface area contributed by atoms with Crippen LogP contribution in [0.1, 0.15) is 42.9 Å². The zero-order chi connectivity index (χ0) is 19.1. The van der Waals surface area contributed by atoms with Crippen molar-refractivity contribution in [1.29, 1.82) is 0 Å². The van der Waals surface area contributed by atoms with E-state index in [-0.39, 0.29) is 11.6 Å². The van der Waals surface area contributed by atoms with Crippen LogP contribution in [-0.4, -0.2) is 25.3 Å². The lowest BCUT2D eigenvalue weighted by molar-refractivity contribution is -0.122. The minimum atomic E-state index is -0.550. The van der Waals surface area contributed by atoms with Gasteiger partial charge in [0.1, 0.15) is 12.4 Å². The van der Waals surface area contributed by atoms with E-state index in [1.807, 2.05) is 6.07 Å². The van der Waals surface area contributed by atoms with Gasteiger partial charge in [0.05, 0.1) is 11.1 Å². The molecule has 9 heteroatoms. The topological polar surface area (TPSA) is 81.3 Å². The molecule has 1 aromatic carbocycles. The highest BCUT2D eigenvalue weighted by atomic mass is 35.5. The van der Waals surface area contributed by atoms with Crippen molar-refractivity contribution in [3.63, 3.8) is 0 Å². The fraction of sp³-hybridized carbons (Fsp3) is 0.333. The van der Waals surface area contributed by atoms with Gasteiger partial charge in [-0.2, -0.15) is 9.61 Å². The number of fused-ring (bicyclic) bond motifs is 1. The highest BCUT2D eigenvalue weighted by molar-refractivity contribution is 6.30. The van der Waals surface area contributed by atoms with Gasteiger partial charge >= 0.3 is 5.69 Å². The average molecular weight is 390 g/mol. The maximum atomic E-state index is 13.6. The number of nitrogens with one attached hydrogen (secondary N) is 1. The Labute approximate surface area is 158 Å². The van der Waals surface area contributed by atoms with E-state index in [2.05, 4.69) is 15.5 Å². The van der Waals surface area contributed by atoms with Gasteiger partial charge in [0.2, 0.25) is 5.91 Å². The second-order valence-corrected chi connectivity index (χ2v) is 7.11. The maximum Gasteiger partial charge on any atom is 0.367 e. The molecule has 3 aromatic rings. The lowest BCUT2D eigenvalue weighted by Gasteiger charge is -2.14. The summed E-state index contributed by atoms with van der Waals surface area (Å²) in [5.74, 6) is -0.554. The summed E-state index contributed by atoms with van der Waals surface area (Å²) in [6.07, 6.45) is 3.71. The number of carbonyl (C=O) groups excluding carboxylic acids is 1. The van der Waals surface area contributed by atoms with Crippen molar-refractivity contribution in [2.24, 2.45) is 0 Å². The van der Waals surface area contributed by atoms with E-state index in [1.165, 1.54) is 16.6 Å². The Morgan fingerprint density at radius 1 is 1.41 bits per heavy atom. The molecule has 1 N–H and O–H groups in total. The van der Waals surface area contributed by atoms with Crippen LogP contribution in [0.4, 0.5) is 4.39 Å². The molecule has 2 heterocycles.